The van der Waals surface area contributed by atoms with Gasteiger partial charge in [0.05, 0.1) is 27.2 Å². The molecule has 1 N–H and O–H groups in total. The number of fused-ring (bicyclic) bond motifs is 3. The molecule has 6 rings (SSSR count). The average molecular weight is 374 g/mol. The van der Waals surface area contributed by atoms with Gasteiger partial charge in [0.15, 0.2) is 5.65 Å². The lowest BCUT2D eigenvalue weighted by molar-refractivity contribution is 1.08. The van der Waals surface area contributed by atoms with E-state index in [4.69, 9.17) is 0 Å². The van der Waals surface area contributed by atoms with Gasteiger partial charge in [0.25, 0.3) is 5.56 Å². The number of hydrogen-bond donors (Lipinski definition) is 1. The van der Waals surface area contributed by atoms with Gasteiger partial charge in [-0.1, -0.05) is 42.5 Å². The normalized spacial score (nSPS) is 13.0. The monoisotopic (exact) mass is 374 g/mol. The number of H-pyrrole nitrogens is 1. The molecule has 3 aromatic heterocycles. The molecule has 0 saturated heterocycles. The number of imidazole rings is 1. The van der Waals surface area contributed by atoms with Crippen LogP contribution in [0.15, 0.2) is 65.5 Å². The van der Waals surface area contributed by atoms with E-state index in [1.165, 1.54) is 0 Å². The van der Waals surface area contributed by atoms with Crippen molar-refractivity contribution >= 4 is 38.4 Å². The second-order valence-corrected chi connectivity index (χ2v) is 7.26. The number of hydrogen-bond acceptors (Lipinski definition) is 3. The molecule has 5 heteroatoms. The second-order valence-electron chi connectivity index (χ2n) is 7.26. The Morgan fingerprint density at radius 1 is 1.03 bits per heavy atom. The van der Waals surface area contributed by atoms with Gasteiger partial charge >= 0.3 is 0 Å². The molecule has 0 radical (unpaired) electrons. The molecule has 0 aliphatic rings. The molecule has 0 atom stereocenters. The lowest BCUT2D eigenvalue weighted by Crippen LogP contribution is -2.17. The van der Waals surface area contributed by atoms with E-state index in [9.17, 15) is 10.1 Å². The second kappa shape index (κ2) is 5.43. The van der Waals surface area contributed by atoms with Crippen LogP contribution in [0.25, 0.3) is 38.4 Å². The summed E-state index contributed by atoms with van der Waals surface area (Å²) in [5.74, 6) is 0. The van der Waals surface area contributed by atoms with E-state index in [0.717, 1.165) is 27.0 Å². The maximum absolute atomic E-state index is 13.7. The minimum Gasteiger partial charge on any atom is -0.354 e. The summed E-state index contributed by atoms with van der Waals surface area (Å²) in [6.45, 7) is 1.83. The summed E-state index contributed by atoms with van der Waals surface area (Å²) in [7, 11) is 0. The smallest absolute Gasteiger partial charge is 0.266 e. The van der Waals surface area contributed by atoms with Crippen LogP contribution < -0.4 is 5.56 Å². The minimum atomic E-state index is -0.169. The van der Waals surface area contributed by atoms with Gasteiger partial charge in [-0.15, -0.1) is 0 Å². The molecule has 0 fully saturated rings. The molecule has 5 nitrogen and oxygen atoms in total. The lowest BCUT2D eigenvalue weighted by atomic mass is 10.1. The maximum Gasteiger partial charge on any atom is 0.266 e. The van der Waals surface area contributed by atoms with Crippen LogP contribution in [0.2, 0.25) is 0 Å². The molecule has 0 saturated carbocycles. The zero-order valence-corrected chi connectivity index (χ0v) is 15.5. The standard InChI is InChI=1S/C24H14N4O/c1-13-16(12-25)23-27-17-9-2-3-11-19(17)28(23)24(29)20(13)22-15-8-4-6-14-7-5-10-18(26-22)21(14)15/h2-11,26H,1H3/b22-20-. The van der Waals surface area contributed by atoms with Crippen molar-refractivity contribution in [2.75, 3.05) is 0 Å². The highest BCUT2D eigenvalue weighted by Crippen LogP contribution is 2.28. The van der Waals surface area contributed by atoms with Gasteiger partial charge in [0, 0.05) is 16.3 Å². The minimum absolute atomic E-state index is 0.169. The summed E-state index contributed by atoms with van der Waals surface area (Å²) in [6.07, 6.45) is 0. The fourth-order valence-electron chi connectivity index (χ4n) is 4.45. The highest BCUT2D eigenvalue weighted by molar-refractivity contribution is 6.09. The van der Waals surface area contributed by atoms with Crippen molar-refractivity contribution in [2.24, 2.45) is 0 Å². The van der Waals surface area contributed by atoms with Crippen LogP contribution in [-0.4, -0.2) is 14.4 Å². The van der Waals surface area contributed by atoms with Gasteiger partial charge in [-0.2, -0.15) is 5.26 Å². The van der Waals surface area contributed by atoms with Crippen molar-refractivity contribution in [1.82, 2.24) is 14.4 Å². The number of nitrogens with one attached hydrogen (secondary N) is 1. The van der Waals surface area contributed by atoms with E-state index in [1.54, 1.807) is 4.40 Å². The fraction of sp³-hybridized carbons (Fsp3) is 0.0417. The van der Waals surface area contributed by atoms with Crippen molar-refractivity contribution in [2.45, 2.75) is 6.92 Å². The van der Waals surface area contributed by atoms with Gasteiger partial charge in [0.2, 0.25) is 0 Å². The molecule has 0 aliphatic carbocycles. The molecule has 0 amide bonds. The van der Waals surface area contributed by atoms with E-state index in [2.05, 4.69) is 28.2 Å². The van der Waals surface area contributed by atoms with Crippen molar-refractivity contribution < 1.29 is 0 Å². The first-order valence-corrected chi connectivity index (χ1v) is 9.36. The number of para-hydroxylation sites is 2. The van der Waals surface area contributed by atoms with Gasteiger partial charge in [-0.3, -0.25) is 9.20 Å². The Morgan fingerprint density at radius 2 is 1.83 bits per heavy atom. The Balaban J connectivity index is 2.02. The zero-order chi connectivity index (χ0) is 19.7. The Kier molecular flexibility index (Phi) is 2.97. The summed E-state index contributed by atoms with van der Waals surface area (Å²) in [6, 6.07) is 21.9. The van der Waals surface area contributed by atoms with Crippen LogP contribution in [-0.2, 0) is 0 Å². The van der Waals surface area contributed by atoms with Crippen molar-refractivity contribution in [3.8, 4) is 6.07 Å². The predicted molar refractivity (Wildman–Crippen MR) is 113 cm³/mol. The lowest BCUT2D eigenvalue weighted by Gasteiger charge is -2.02. The number of nitrogens with zero attached hydrogens (tertiary/aromatic N) is 3. The molecule has 0 spiro atoms. The molecule has 3 aromatic carbocycles. The highest BCUT2D eigenvalue weighted by atomic mass is 16.1. The van der Waals surface area contributed by atoms with Gasteiger partial charge in [-0.25, -0.2) is 4.98 Å². The summed E-state index contributed by atoms with van der Waals surface area (Å²) < 4.78 is 1.56. The predicted octanol–water partition coefficient (Wildman–Crippen LogP) is 4.39. The molecule has 3 heterocycles. The van der Waals surface area contributed by atoms with Crippen LogP contribution in [0.1, 0.15) is 11.1 Å². The Morgan fingerprint density at radius 3 is 2.66 bits per heavy atom. The summed E-state index contributed by atoms with van der Waals surface area (Å²) >= 11 is 0. The summed E-state index contributed by atoms with van der Waals surface area (Å²) in [4.78, 5) is 21.7. The first-order valence-electron chi connectivity index (χ1n) is 9.36. The van der Waals surface area contributed by atoms with Crippen LogP contribution in [0.5, 0.6) is 0 Å². The Bertz CT molecular complexity index is 1800. The molecular weight excluding hydrogens is 360 g/mol. The van der Waals surface area contributed by atoms with Crippen LogP contribution in [0.4, 0.5) is 0 Å². The fourth-order valence-corrected chi connectivity index (χ4v) is 4.45. The quantitative estimate of drug-likeness (QED) is 0.429. The number of aromatic amines is 1. The number of nitriles is 1. The van der Waals surface area contributed by atoms with E-state index < -0.39 is 0 Å². The van der Waals surface area contributed by atoms with E-state index in [1.807, 2.05) is 55.5 Å². The molecule has 0 aliphatic heterocycles. The average Bonchev–Trinajstić information content (AvgIpc) is 3.29. The Hall–Kier alpha value is -4.17. The molecule has 0 bridgehead atoms. The number of benzene rings is 3. The van der Waals surface area contributed by atoms with Crippen LogP contribution in [0.3, 0.4) is 0 Å². The number of rotatable bonds is 0. The molecule has 6 aromatic rings. The molecule has 0 unspecified atom stereocenters. The zero-order valence-electron chi connectivity index (χ0n) is 15.5. The van der Waals surface area contributed by atoms with Gasteiger partial charge in [0.1, 0.15) is 6.07 Å². The molecule has 136 valence electrons. The van der Waals surface area contributed by atoms with Crippen LogP contribution in [0, 0.1) is 28.8 Å². The van der Waals surface area contributed by atoms with E-state index in [0.29, 0.717) is 33.0 Å². The van der Waals surface area contributed by atoms with Crippen molar-refractivity contribution in [3.63, 3.8) is 0 Å². The third-order valence-corrected chi connectivity index (χ3v) is 5.75. The third-order valence-electron chi connectivity index (χ3n) is 5.75. The third kappa shape index (κ3) is 1.92. The number of pyridine rings is 1. The summed E-state index contributed by atoms with van der Waals surface area (Å²) in [5.41, 5.74) is 3.70. The van der Waals surface area contributed by atoms with E-state index in [-0.39, 0.29) is 5.56 Å². The first-order chi connectivity index (χ1) is 14.2. The summed E-state index contributed by atoms with van der Waals surface area (Å²) in [5, 5.41) is 14.3. The SMILES string of the molecule is Cc1c(C#N)c2nc3ccccc3n2c(=O)/c1=c1\[nH]c2cccc3cccc1c32. The van der Waals surface area contributed by atoms with Crippen molar-refractivity contribution in [3.05, 3.63) is 92.7 Å². The molecular formula is C24H14N4O. The largest absolute Gasteiger partial charge is 0.354 e. The Labute approximate surface area is 164 Å². The van der Waals surface area contributed by atoms with Gasteiger partial charge < -0.3 is 4.98 Å². The van der Waals surface area contributed by atoms with E-state index >= 15 is 0 Å². The first kappa shape index (κ1) is 15.8. The number of aromatic nitrogens is 3. The maximum atomic E-state index is 13.7. The van der Waals surface area contributed by atoms with Crippen LogP contribution >= 0.6 is 0 Å². The van der Waals surface area contributed by atoms with Gasteiger partial charge in [-0.05, 0) is 36.1 Å². The topological polar surface area (TPSA) is 74.0 Å². The molecule has 29 heavy (non-hydrogen) atoms. The van der Waals surface area contributed by atoms with Crippen molar-refractivity contribution in [1.29, 1.82) is 5.26 Å². The highest BCUT2D eigenvalue weighted by Gasteiger charge is 2.17.